The third-order valence-corrected chi connectivity index (χ3v) is 5.03. The molecule has 3 rings (SSSR count). The monoisotopic (exact) mass is 384 g/mol. The number of alkyl halides is 3. The van der Waals surface area contributed by atoms with Gasteiger partial charge in [0, 0.05) is 49.2 Å². The number of aromatic nitrogens is 4. The van der Waals surface area contributed by atoms with Gasteiger partial charge >= 0.3 is 6.18 Å². The fourth-order valence-corrected chi connectivity index (χ4v) is 3.34. The lowest BCUT2D eigenvalue weighted by atomic mass is 10.1. The van der Waals surface area contributed by atoms with Crippen LogP contribution < -0.4 is 0 Å². The van der Waals surface area contributed by atoms with Gasteiger partial charge in [-0.15, -0.1) is 5.10 Å². The highest BCUT2D eigenvalue weighted by Crippen LogP contribution is 2.27. The van der Waals surface area contributed by atoms with Gasteiger partial charge in [-0.25, -0.2) is 9.50 Å². The van der Waals surface area contributed by atoms with E-state index in [9.17, 15) is 18.0 Å². The van der Waals surface area contributed by atoms with Gasteiger partial charge in [-0.3, -0.25) is 9.69 Å². The smallest absolute Gasteiger partial charge is 0.340 e. The van der Waals surface area contributed by atoms with Crippen molar-refractivity contribution in [3.63, 3.8) is 0 Å². The Morgan fingerprint density at radius 3 is 2.30 bits per heavy atom. The van der Waals surface area contributed by atoms with E-state index in [2.05, 4.69) is 33.8 Å². The van der Waals surface area contributed by atoms with E-state index in [4.69, 9.17) is 0 Å². The predicted molar refractivity (Wildman–Crippen MR) is 92.3 cm³/mol. The summed E-state index contributed by atoms with van der Waals surface area (Å²) >= 11 is 0. The summed E-state index contributed by atoms with van der Waals surface area (Å²) in [4.78, 5) is 24.4. The quantitative estimate of drug-likeness (QED) is 0.808. The molecule has 0 aromatic carbocycles. The molecule has 10 heteroatoms. The SMILES string of the molecule is Cc1nc2nc(C(F)(F)F)nn2c(C)c1CC(=O)N1CCN(C(C)C)CC1. The summed E-state index contributed by atoms with van der Waals surface area (Å²) in [5.41, 5.74) is 1.54. The zero-order valence-electron chi connectivity index (χ0n) is 15.8. The second kappa shape index (κ2) is 7.06. The molecule has 1 amide bonds. The first-order chi connectivity index (χ1) is 12.6. The minimum absolute atomic E-state index is 0.0538. The van der Waals surface area contributed by atoms with Crippen molar-refractivity contribution >= 4 is 11.7 Å². The zero-order valence-corrected chi connectivity index (χ0v) is 15.8. The van der Waals surface area contributed by atoms with Crippen molar-refractivity contribution in [3.8, 4) is 0 Å². The molecule has 27 heavy (non-hydrogen) atoms. The molecule has 1 fully saturated rings. The highest BCUT2D eigenvalue weighted by molar-refractivity contribution is 5.79. The number of carbonyl (C=O) groups is 1. The average molecular weight is 384 g/mol. The Labute approximate surface area is 155 Å². The molecule has 0 atom stereocenters. The minimum Gasteiger partial charge on any atom is -0.340 e. The van der Waals surface area contributed by atoms with Crippen LogP contribution in [-0.2, 0) is 17.4 Å². The van der Waals surface area contributed by atoms with Gasteiger partial charge in [0.2, 0.25) is 5.91 Å². The van der Waals surface area contributed by atoms with Crippen molar-refractivity contribution in [3.05, 3.63) is 22.8 Å². The summed E-state index contributed by atoms with van der Waals surface area (Å²) in [5, 5.41) is 3.52. The molecule has 2 aromatic rings. The molecule has 0 bridgehead atoms. The first-order valence-electron chi connectivity index (χ1n) is 8.89. The van der Waals surface area contributed by atoms with E-state index in [0.717, 1.165) is 17.6 Å². The highest BCUT2D eigenvalue weighted by Gasteiger charge is 2.37. The second-order valence-corrected chi connectivity index (χ2v) is 7.09. The van der Waals surface area contributed by atoms with Crippen LogP contribution in [0.3, 0.4) is 0 Å². The largest absolute Gasteiger partial charge is 0.453 e. The van der Waals surface area contributed by atoms with Crippen molar-refractivity contribution in [1.29, 1.82) is 0 Å². The van der Waals surface area contributed by atoms with E-state index in [-0.39, 0.29) is 18.1 Å². The molecule has 1 saturated heterocycles. The van der Waals surface area contributed by atoms with Crippen LogP contribution in [0.1, 0.15) is 36.6 Å². The zero-order chi connectivity index (χ0) is 19.9. The molecule has 0 unspecified atom stereocenters. The summed E-state index contributed by atoms with van der Waals surface area (Å²) in [5.74, 6) is -1.40. The van der Waals surface area contributed by atoms with E-state index < -0.39 is 12.0 Å². The van der Waals surface area contributed by atoms with Crippen LogP contribution in [0.25, 0.3) is 5.78 Å². The summed E-state index contributed by atoms with van der Waals surface area (Å²) in [7, 11) is 0. The minimum atomic E-state index is -4.64. The maximum atomic E-state index is 12.9. The van der Waals surface area contributed by atoms with Crippen LogP contribution in [0.2, 0.25) is 0 Å². The maximum Gasteiger partial charge on any atom is 0.453 e. The lowest BCUT2D eigenvalue weighted by molar-refractivity contribution is -0.144. The van der Waals surface area contributed by atoms with E-state index in [1.54, 1.807) is 18.7 Å². The summed E-state index contributed by atoms with van der Waals surface area (Å²) in [6, 6.07) is 0.438. The number of fused-ring (bicyclic) bond motifs is 1. The first-order valence-corrected chi connectivity index (χ1v) is 8.89. The molecule has 3 heterocycles. The Kier molecular flexibility index (Phi) is 5.11. The van der Waals surface area contributed by atoms with Crippen molar-refractivity contribution in [1.82, 2.24) is 29.4 Å². The number of carbonyl (C=O) groups excluding carboxylic acids is 1. The molecule has 0 radical (unpaired) electrons. The second-order valence-electron chi connectivity index (χ2n) is 7.09. The van der Waals surface area contributed by atoms with Crippen LogP contribution in [0, 0.1) is 13.8 Å². The van der Waals surface area contributed by atoms with Crippen molar-refractivity contribution in [2.24, 2.45) is 0 Å². The number of rotatable bonds is 3. The molecule has 0 aliphatic carbocycles. The van der Waals surface area contributed by atoms with Gasteiger partial charge in [0.1, 0.15) is 0 Å². The fraction of sp³-hybridized carbons (Fsp3) is 0.647. The lowest BCUT2D eigenvalue weighted by Crippen LogP contribution is -2.51. The summed E-state index contributed by atoms with van der Waals surface area (Å²) in [6.45, 7) is 10.5. The van der Waals surface area contributed by atoms with Crippen molar-refractivity contribution in [2.75, 3.05) is 26.2 Å². The van der Waals surface area contributed by atoms with Gasteiger partial charge in [-0.2, -0.15) is 18.2 Å². The van der Waals surface area contributed by atoms with Gasteiger partial charge in [-0.1, -0.05) is 0 Å². The Morgan fingerprint density at radius 1 is 1.11 bits per heavy atom. The number of halogens is 3. The summed E-state index contributed by atoms with van der Waals surface area (Å²) in [6.07, 6.45) is -4.55. The summed E-state index contributed by atoms with van der Waals surface area (Å²) < 4.78 is 39.7. The topological polar surface area (TPSA) is 66.6 Å². The number of amides is 1. The van der Waals surface area contributed by atoms with Crippen molar-refractivity contribution < 1.29 is 18.0 Å². The molecule has 7 nitrogen and oxygen atoms in total. The Balaban J connectivity index is 1.81. The highest BCUT2D eigenvalue weighted by atomic mass is 19.4. The molecule has 0 saturated carbocycles. The van der Waals surface area contributed by atoms with Gasteiger partial charge in [0.15, 0.2) is 0 Å². The third-order valence-electron chi connectivity index (χ3n) is 5.03. The van der Waals surface area contributed by atoms with Crippen LogP contribution >= 0.6 is 0 Å². The number of nitrogens with zero attached hydrogens (tertiary/aromatic N) is 6. The molecule has 1 aliphatic heterocycles. The van der Waals surface area contributed by atoms with E-state index in [1.165, 1.54) is 0 Å². The molecule has 0 N–H and O–H groups in total. The Bertz CT molecular complexity index is 852. The molecule has 2 aromatic heterocycles. The standard InChI is InChI=1S/C17H23F3N6O/c1-10(2)24-5-7-25(8-6-24)14(27)9-13-11(3)21-16-22-15(17(18,19)20)23-26(16)12(13)4/h10H,5-9H2,1-4H3. The van der Waals surface area contributed by atoms with Gasteiger partial charge in [0.25, 0.3) is 11.6 Å². The van der Waals surface area contributed by atoms with E-state index in [1.807, 2.05) is 0 Å². The Morgan fingerprint density at radius 2 is 1.74 bits per heavy atom. The number of hydrogen-bond donors (Lipinski definition) is 0. The molecule has 1 aliphatic rings. The maximum absolute atomic E-state index is 12.9. The number of piperazine rings is 1. The predicted octanol–water partition coefficient (Wildman–Crippen LogP) is 1.86. The molecular weight excluding hydrogens is 361 g/mol. The third kappa shape index (κ3) is 3.90. The van der Waals surface area contributed by atoms with Gasteiger partial charge in [0.05, 0.1) is 6.42 Å². The number of aryl methyl sites for hydroxylation is 2. The van der Waals surface area contributed by atoms with Crippen molar-refractivity contribution in [2.45, 2.75) is 46.3 Å². The average Bonchev–Trinajstić information content (AvgIpc) is 3.03. The van der Waals surface area contributed by atoms with Gasteiger partial charge < -0.3 is 4.90 Å². The lowest BCUT2D eigenvalue weighted by Gasteiger charge is -2.37. The fourth-order valence-electron chi connectivity index (χ4n) is 3.34. The van der Waals surface area contributed by atoms with E-state index in [0.29, 0.717) is 36.1 Å². The molecular formula is C17H23F3N6O. The normalized spacial score (nSPS) is 16.5. The first kappa shape index (κ1) is 19.5. The van der Waals surface area contributed by atoms with E-state index >= 15 is 0 Å². The van der Waals surface area contributed by atoms with Crippen LogP contribution in [0.5, 0.6) is 0 Å². The Hall–Kier alpha value is -2.23. The van der Waals surface area contributed by atoms with Crippen LogP contribution in [0.15, 0.2) is 0 Å². The van der Waals surface area contributed by atoms with Crippen LogP contribution in [0.4, 0.5) is 13.2 Å². The molecule has 0 spiro atoms. The number of hydrogen-bond acceptors (Lipinski definition) is 5. The van der Waals surface area contributed by atoms with Crippen LogP contribution in [-0.4, -0.2) is 67.5 Å². The van der Waals surface area contributed by atoms with Gasteiger partial charge in [-0.05, 0) is 27.7 Å². The molecule has 148 valence electrons.